The lowest BCUT2D eigenvalue weighted by atomic mass is 9.36. The number of hydrogen-bond donors (Lipinski definition) is 1. The van der Waals surface area contributed by atoms with Crippen LogP contribution in [0.1, 0.15) is 144 Å². The monoisotopic (exact) mass is 835 g/mol. The third-order valence-electron chi connectivity index (χ3n) is 17.0. The number of unbranched alkanes of at least 4 members (excludes halogenated alkanes) is 1. The standard InChI is InChI=1S/C50H75ClN2O6/c1-33(2)43-38(55)30-50(24-26-53(28-27-52(9)25-10-11-29-54)32-34-12-14-35(51)15-13-34)23-18-37-36(44(43)50)16-17-40-48(37,7)21-19-39-47(5,6)41(20-22-49(39,40)8)59-42(56)31-46(3,4)45(57)58/h12-15,29,33,36-37,39-41H,10-11,16-28,30-32H2,1-9H3,(H,57,58). The third-order valence-corrected chi connectivity index (χ3v) is 17.3. The molecular formula is C50H75ClN2O6. The molecule has 0 aliphatic heterocycles. The number of halogens is 1. The highest BCUT2D eigenvalue weighted by Gasteiger charge is 2.66. The van der Waals surface area contributed by atoms with Gasteiger partial charge in [-0.25, -0.2) is 0 Å². The van der Waals surface area contributed by atoms with Crippen LogP contribution in [0, 0.1) is 56.7 Å². The Morgan fingerprint density at radius 1 is 0.932 bits per heavy atom. The number of hydrogen-bond acceptors (Lipinski definition) is 7. The lowest BCUT2D eigenvalue weighted by molar-refractivity contribution is -0.214. The van der Waals surface area contributed by atoms with E-state index in [0.29, 0.717) is 42.3 Å². The molecule has 0 bridgehead atoms. The first-order chi connectivity index (χ1) is 27.7. The van der Waals surface area contributed by atoms with Crippen molar-refractivity contribution in [2.45, 2.75) is 152 Å². The quantitative estimate of drug-likeness (QED) is 0.0940. The van der Waals surface area contributed by atoms with Crippen molar-refractivity contribution in [1.82, 2.24) is 9.80 Å². The maximum atomic E-state index is 14.3. The summed E-state index contributed by atoms with van der Waals surface area (Å²) in [5.74, 6) is 1.15. The van der Waals surface area contributed by atoms with Gasteiger partial charge in [0.25, 0.3) is 0 Å². The van der Waals surface area contributed by atoms with Gasteiger partial charge >= 0.3 is 11.9 Å². The topological polar surface area (TPSA) is 104 Å². The lowest BCUT2D eigenvalue weighted by Gasteiger charge is -2.69. The van der Waals surface area contributed by atoms with Crippen molar-refractivity contribution < 1.29 is 29.0 Å². The van der Waals surface area contributed by atoms with Gasteiger partial charge in [0.2, 0.25) is 0 Å². The van der Waals surface area contributed by atoms with E-state index in [2.05, 4.69) is 70.5 Å². The fourth-order valence-electron chi connectivity index (χ4n) is 13.9. The zero-order valence-corrected chi connectivity index (χ0v) is 38.6. The highest BCUT2D eigenvalue weighted by atomic mass is 35.5. The number of Topliss-reactive ketones (excluding diaryl/α,β-unsaturated/α-hetero) is 1. The normalized spacial score (nSPS) is 32.8. The smallest absolute Gasteiger partial charge is 0.309 e. The van der Waals surface area contributed by atoms with E-state index < -0.39 is 17.4 Å². The minimum atomic E-state index is -1.16. The van der Waals surface area contributed by atoms with E-state index >= 15 is 0 Å². The third kappa shape index (κ3) is 9.03. The molecule has 4 fully saturated rings. The SMILES string of the molecule is CC(C)C1=C2C3CCC4C(C)(CCC5C(C)(C)C(OC(=O)CC(C)(C)C(=O)O)CCC54C)C3CCC2(CCN(CCN(C)CCCC=O)Cc2ccc(Cl)cc2)CC1=O. The maximum absolute atomic E-state index is 14.3. The second-order valence-electron chi connectivity index (χ2n) is 21.8. The fourth-order valence-corrected chi connectivity index (χ4v) is 14.0. The highest BCUT2D eigenvalue weighted by molar-refractivity contribution is 6.30. The van der Waals surface area contributed by atoms with Gasteiger partial charge in [-0.1, -0.05) is 70.8 Å². The molecule has 0 saturated heterocycles. The first-order valence-electron chi connectivity index (χ1n) is 23.0. The van der Waals surface area contributed by atoms with Crippen molar-refractivity contribution in [3.8, 4) is 0 Å². The van der Waals surface area contributed by atoms with Crippen LogP contribution in [0.25, 0.3) is 0 Å². The van der Waals surface area contributed by atoms with E-state index in [1.165, 1.54) is 12.0 Å². The van der Waals surface area contributed by atoms with Crippen LogP contribution in [0.4, 0.5) is 0 Å². The molecule has 5 aliphatic carbocycles. The molecule has 8 unspecified atom stereocenters. The number of esters is 1. The number of allylic oxidation sites excluding steroid dienone is 2. The molecule has 0 radical (unpaired) electrons. The molecule has 1 aromatic carbocycles. The molecule has 8 nitrogen and oxygen atoms in total. The molecule has 1 aromatic rings. The average Bonchev–Trinajstić information content (AvgIpc) is 3.47. The lowest BCUT2D eigenvalue weighted by Crippen LogP contribution is -2.63. The number of ketones is 1. The first-order valence-corrected chi connectivity index (χ1v) is 23.4. The molecule has 0 heterocycles. The zero-order chi connectivity index (χ0) is 43.1. The van der Waals surface area contributed by atoms with Crippen molar-refractivity contribution in [2.75, 3.05) is 33.2 Å². The largest absolute Gasteiger partial charge is 0.481 e. The number of carboxylic acids is 1. The Hall–Kier alpha value is -2.55. The van der Waals surface area contributed by atoms with E-state index in [0.717, 1.165) is 107 Å². The number of aldehydes is 1. The Bertz CT molecular complexity index is 1750. The molecule has 5 aliphatic rings. The Kier molecular flexibility index (Phi) is 13.8. The molecule has 4 saturated carbocycles. The summed E-state index contributed by atoms with van der Waals surface area (Å²) in [5.41, 5.74) is 2.75. The molecule has 6 rings (SSSR count). The second kappa shape index (κ2) is 17.7. The molecule has 8 atom stereocenters. The van der Waals surface area contributed by atoms with Crippen LogP contribution in [0.5, 0.6) is 0 Å². The number of aliphatic carboxylic acids is 1. The number of carbonyl (C=O) groups is 4. The van der Waals surface area contributed by atoms with Crippen LogP contribution in [-0.2, 0) is 30.5 Å². The van der Waals surface area contributed by atoms with E-state index in [4.69, 9.17) is 16.3 Å². The summed E-state index contributed by atoms with van der Waals surface area (Å²) >= 11 is 6.28. The second-order valence-corrected chi connectivity index (χ2v) is 22.3. The van der Waals surface area contributed by atoms with Crippen molar-refractivity contribution in [2.24, 2.45) is 56.7 Å². The highest BCUT2D eigenvalue weighted by Crippen LogP contribution is 2.73. The van der Waals surface area contributed by atoms with Crippen molar-refractivity contribution in [1.29, 1.82) is 0 Å². The molecular weight excluding hydrogens is 760 g/mol. The number of carbonyl (C=O) groups excluding carboxylic acids is 3. The average molecular weight is 836 g/mol. The van der Waals surface area contributed by atoms with Gasteiger partial charge in [-0.15, -0.1) is 0 Å². The summed E-state index contributed by atoms with van der Waals surface area (Å²) in [6, 6.07) is 8.21. The van der Waals surface area contributed by atoms with Crippen LogP contribution >= 0.6 is 11.6 Å². The Morgan fingerprint density at radius 3 is 2.29 bits per heavy atom. The van der Waals surface area contributed by atoms with Gasteiger partial charge in [0.15, 0.2) is 5.78 Å². The zero-order valence-electron chi connectivity index (χ0n) is 37.8. The summed E-state index contributed by atoms with van der Waals surface area (Å²) in [5, 5.41) is 10.4. The van der Waals surface area contributed by atoms with Gasteiger partial charge in [-0.2, -0.15) is 0 Å². The molecule has 0 aromatic heterocycles. The molecule has 9 heteroatoms. The number of fused-ring (bicyclic) bond motifs is 7. The number of likely N-dealkylation sites (N-methyl/N-ethyl adjacent to an activating group) is 1. The van der Waals surface area contributed by atoms with Crippen molar-refractivity contribution in [3.63, 3.8) is 0 Å². The number of rotatable bonds is 17. The van der Waals surface area contributed by atoms with E-state index in [1.807, 2.05) is 12.1 Å². The van der Waals surface area contributed by atoms with Gasteiger partial charge in [-0.3, -0.25) is 19.3 Å². The summed E-state index contributed by atoms with van der Waals surface area (Å²) in [4.78, 5) is 55.1. The summed E-state index contributed by atoms with van der Waals surface area (Å²) in [6.45, 7) is 21.9. The number of ether oxygens (including phenoxy) is 1. The van der Waals surface area contributed by atoms with Crippen LogP contribution in [-0.4, -0.2) is 78.2 Å². The Morgan fingerprint density at radius 2 is 1.63 bits per heavy atom. The first kappa shape index (κ1) is 46.0. The van der Waals surface area contributed by atoms with Gasteiger partial charge in [0.1, 0.15) is 12.4 Å². The minimum Gasteiger partial charge on any atom is -0.481 e. The van der Waals surface area contributed by atoms with Crippen LogP contribution < -0.4 is 0 Å². The van der Waals surface area contributed by atoms with Gasteiger partial charge < -0.3 is 19.5 Å². The Labute approximate surface area is 360 Å². The fraction of sp³-hybridized carbons (Fsp3) is 0.760. The predicted molar refractivity (Wildman–Crippen MR) is 235 cm³/mol. The number of nitrogens with zero attached hydrogens (tertiary/aromatic N) is 2. The number of carboxylic acid groups (broad SMARTS) is 1. The molecule has 0 amide bonds. The molecule has 0 spiro atoms. The van der Waals surface area contributed by atoms with Crippen LogP contribution in [0.3, 0.4) is 0 Å². The van der Waals surface area contributed by atoms with E-state index in [1.54, 1.807) is 19.4 Å². The molecule has 59 heavy (non-hydrogen) atoms. The van der Waals surface area contributed by atoms with E-state index in [-0.39, 0.29) is 40.1 Å². The number of benzene rings is 1. The Balaban J connectivity index is 1.22. The minimum absolute atomic E-state index is 0.0879. The van der Waals surface area contributed by atoms with E-state index in [9.17, 15) is 24.3 Å². The van der Waals surface area contributed by atoms with Gasteiger partial charge in [-0.05, 0) is 162 Å². The van der Waals surface area contributed by atoms with Crippen LogP contribution in [0.2, 0.25) is 5.02 Å². The van der Waals surface area contributed by atoms with Gasteiger partial charge in [0, 0.05) is 48.3 Å². The van der Waals surface area contributed by atoms with Gasteiger partial charge in [0.05, 0.1) is 11.8 Å². The summed E-state index contributed by atoms with van der Waals surface area (Å²) in [6.07, 6.45) is 12.4. The summed E-state index contributed by atoms with van der Waals surface area (Å²) in [7, 11) is 2.15. The van der Waals surface area contributed by atoms with Crippen molar-refractivity contribution in [3.05, 3.63) is 46.0 Å². The van der Waals surface area contributed by atoms with Crippen molar-refractivity contribution >= 4 is 35.6 Å². The summed E-state index contributed by atoms with van der Waals surface area (Å²) < 4.78 is 6.20. The van der Waals surface area contributed by atoms with Crippen LogP contribution in [0.15, 0.2) is 35.4 Å². The molecule has 328 valence electrons. The maximum Gasteiger partial charge on any atom is 0.309 e. The predicted octanol–water partition coefficient (Wildman–Crippen LogP) is 10.4. The molecule has 1 N–H and O–H groups in total.